The fourth-order valence-electron chi connectivity index (χ4n) is 3.73. The number of carbonyl (C=O) groups excluding carboxylic acids is 2. The average Bonchev–Trinajstić information content (AvgIpc) is 3.49. The Morgan fingerprint density at radius 1 is 1.08 bits per heavy atom. The molecule has 0 spiro atoms. The standard InChI is InChI=1S/C26H33N3O6S3/c1-16(13-17(2)25(31)35-26(3,4)5)23(30)27-20(21-15-37-24(28-21)22-7-6-12-36-22)14-18-8-10-19(11-9-18)29-38(32,33)34/h6-12,15-17,20,29H,13-14H2,1-5H3,(H,27,30)(H,32,33,34). The van der Waals surface area contributed by atoms with E-state index in [9.17, 15) is 18.0 Å². The van der Waals surface area contributed by atoms with Crippen LogP contribution in [0.25, 0.3) is 9.88 Å². The van der Waals surface area contributed by atoms with E-state index in [1.54, 1.807) is 37.3 Å². The summed E-state index contributed by atoms with van der Waals surface area (Å²) in [4.78, 5) is 31.4. The molecule has 0 radical (unpaired) electrons. The summed E-state index contributed by atoms with van der Waals surface area (Å²) in [6.07, 6.45) is 0.737. The Bertz CT molecular complexity index is 1330. The largest absolute Gasteiger partial charge is 0.460 e. The van der Waals surface area contributed by atoms with Crippen molar-refractivity contribution in [1.82, 2.24) is 10.3 Å². The van der Waals surface area contributed by atoms with E-state index in [2.05, 4.69) is 5.32 Å². The maximum atomic E-state index is 13.2. The van der Waals surface area contributed by atoms with E-state index in [4.69, 9.17) is 14.3 Å². The molecule has 206 valence electrons. The van der Waals surface area contributed by atoms with Crippen molar-refractivity contribution in [3.05, 3.63) is 58.4 Å². The molecule has 2 aromatic heterocycles. The fourth-order valence-corrected chi connectivity index (χ4v) is 5.85. The molecule has 3 atom stereocenters. The van der Waals surface area contributed by atoms with Crippen LogP contribution in [0.5, 0.6) is 0 Å². The monoisotopic (exact) mass is 579 g/mol. The number of esters is 1. The van der Waals surface area contributed by atoms with Gasteiger partial charge in [0.2, 0.25) is 5.91 Å². The van der Waals surface area contributed by atoms with Crippen LogP contribution in [0.4, 0.5) is 5.69 Å². The Balaban J connectivity index is 1.76. The predicted octanol–water partition coefficient (Wildman–Crippen LogP) is 5.49. The summed E-state index contributed by atoms with van der Waals surface area (Å²) in [6.45, 7) is 8.96. The van der Waals surface area contributed by atoms with Gasteiger partial charge in [0, 0.05) is 11.3 Å². The van der Waals surface area contributed by atoms with Gasteiger partial charge in [-0.3, -0.25) is 18.9 Å². The van der Waals surface area contributed by atoms with Crippen LogP contribution in [0, 0.1) is 11.8 Å². The second-order valence-electron chi connectivity index (χ2n) is 10.2. The first kappa shape index (κ1) is 29.8. The zero-order valence-electron chi connectivity index (χ0n) is 21.9. The van der Waals surface area contributed by atoms with Crippen LogP contribution in [-0.4, -0.2) is 35.4 Å². The molecule has 0 fully saturated rings. The van der Waals surface area contributed by atoms with Gasteiger partial charge in [-0.1, -0.05) is 32.0 Å². The minimum atomic E-state index is -4.37. The molecule has 3 aromatic rings. The first-order valence-electron chi connectivity index (χ1n) is 12.1. The van der Waals surface area contributed by atoms with Gasteiger partial charge in [0.25, 0.3) is 0 Å². The lowest BCUT2D eigenvalue weighted by Crippen LogP contribution is -2.36. The Kier molecular flexibility index (Phi) is 9.69. The molecule has 0 saturated heterocycles. The van der Waals surface area contributed by atoms with E-state index < -0.39 is 33.8 Å². The SMILES string of the molecule is CC(CC(C)C(=O)OC(C)(C)C)C(=O)NC(Cc1ccc(NS(=O)(=O)O)cc1)c1csc(-c2cccs2)n1. The van der Waals surface area contributed by atoms with Crippen LogP contribution in [0.3, 0.4) is 0 Å². The summed E-state index contributed by atoms with van der Waals surface area (Å²) in [5.41, 5.74) is 1.16. The molecule has 3 rings (SSSR count). The number of aromatic nitrogens is 1. The van der Waals surface area contributed by atoms with Crippen LogP contribution in [0.1, 0.15) is 58.3 Å². The molecule has 9 nitrogen and oxygen atoms in total. The molecule has 1 aromatic carbocycles. The molecular weight excluding hydrogens is 547 g/mol. The van der Waals surface area contributed by atoms with Crippen LogP contribution in [0.2, 0.25) is 0 Å². The minimum absolute atomic E-state index is 0.208. The Morgan fingerprint density at radius 2 is 1.76 bits per heavy atom. The van der Waals surface area contributed by atoms with Crippen molar-refractivity contribution in [3.8, 4) is 9.88 Å². The van der Waals surface area contributed by atoms with E-state index in [0.29, 0.717) is 18.5 Å². The first-order chi connectivity index (χ1) is 17.7. The van der Waals surface area contributed by atoms with Crippen molar-refractivity contribution in [2.45, 2.75) is 59.1 Å². The number of thiazole rings is 1. The number of anilines is 1. The lowest BCUT2D eigenvalue weighted by molar-refractivity contribution is -0.160. The van der Waals surface area contributed by atoms with Crippen molar-refractivity contribution in [1.29, 1.82) is 0 Å². The molecule has 0 saturated carbocycles. The highest BCUT2D eigenvalue weighted by Gasteiger charge is 2.27. The lowest BCUT2D eigenvalue weighted by Gasteiger charge is -2.24. The molecule has 3 N–H and O–H groups in total. The average molecular weight is 580 g/mol. The number of thiophene rings is 1. The van der Waals surface area contributed by atoms with Gasteiger partial charge in [-0.15, -0.1) is 22.7 Å². The zero-order valence-corrected chi connectivity index (χ0v) is 24.4. The second kappa shape index (κ2) is 12.4. The number of rotatable bonds is 11. The number of benzene rings is 1. The number of nitrogens with zero attached hydrogens (tertiary/aromatic N) is 1. The second-order valence-corrected chi connectivity index (χ2v) is 13.1. The number of amides is 1. The van der Waals surface area contributed by atoms with Crippen molar-refractivity contribution in [2.75, 3.05) is 4.72 Å². The maximum Gasteiger partial charge on any atom is 0.357 e. The predicted molar refractivity (Wildman–Crippen MR) is 150 cm³/mol. The number of ether oxygens (including phenoxy) is 1. The van der Waals surface area contributed by atoms with Crippen LogP contribution >= 0.6 is 22.7 Å². The van der Waals surface area contributed by atoms with Gasteiger partial charge in [0.1, 0.15) is 10.6 Å². The van der Waals surface area contributed by atoms with Gasteiger partial charge in [-0.05, 0) is 62.8 Å². The summed E-state index contributed by atoms with van der Waals surface area (Å²) in [5.74, 6) is -1.44. The molecule has 0 aliphatic rings. The third-order valence-corrected chi connectivity index (χ3v) is 7.93. The summed E-state index contributed by atoms with van der Waals surface area (Å²) >= 11 is 3.08. The first-order valence-corrected chi connectivity index (χ1v) is 15.3. The quantitative estimate of drug-likeness (QED) is 0.202. The molecule has 3 unspecified atom stereocenters. The smallest absolute Gasteiger partial charge is 0.357 e. The maximum absolute atomic E-state index is 13.2. The molecule has 0 bridgehead atoms. The number of hydrogen-bond acceptors (Lipinski definition) is 8. The van der Waals surface area contributed by atoms with Gasteiger partial charge in [0.05, 0.1) is 28.2 Å². The van der Waals surface area contributed by atoms with E-state index in [1.807, 2.05) is 48.4 Å². The minimum Gasteiger partial charge on any atom is -0.460 e. The highest BCUT2D eigenvalue weighted by molar-refractivity contribution is 7.87. The van der Waals surface area contributed by atoms with E-state index in [0.717, 1.165) is 15.4 Å². The summed E-state index contributed by atoms with van der Waals surface area (Å²) in [6, 6.07) is 9.99. The van der Waals surface area contributed by atoms with E-state index in [1.165, 1.54) is 23.5 Å². The summed E-state index contributed by atoms with van der Waals surface area (Å²) < 4.78 is 38.6. The molecule has 0 aliphatic heterocycles. The van der Waals surface area contributed by atoms with Crippen molar-refractivity contribution in [3.63, 3.8) is 0 Å². The Labute approximate surface area is 231 Å². The third kappa shape index (κ3) is 9.19. The molecular formula is C26H33N3O6S3. The van der Waals surface area contributed by atoms with E-state index in [-0.39, 0.29) is 17.6 Å². The van der Waals surface area contributed by atoms with Gasteiger partial charge in [0.15, 0.2) is 0 Å². The van der Waals surface area contributed by atoms with Crippen molar-refractivity contribution in [2.24, 2.45) is 11.8 Å². The van der Waals surface area contributed by atoms with Crippen LogP contribution in [-0.2, 0) is 31.1 Å². The fraction of sp³-hybridized carbons (Fsp3) is 0.423. The highest BCUT2D eigenvalue weighted by Crippen LogP contribution is 2.31. The van der Waals surface area contributed by atoms with Gasteiger partial charge >= 0.3 is 16.3 Å². The number of hydrogen-bond donors (Lipinski definition) is 3. The molecule has 38 heavy (non-hydrogen) atoms. The van der Waals surface area contributed by atoms with Crippen molar-refractivity contribution >= 4 is 50.5 Å². The number of carbonyl (C=O) groups is 2. The van der Waals surface area contributed by atoms with Crippen molar-refractivity contribution < 1.29 is 27.3 Å². The molecule has 1 amide bonds. The Morgan fingerprint density at radius 3 is 2.34 bits per heavy atom. The van der Waals surface area contributed by atoms with E-state index >= 15 is 0 Å². The Hall–Kier alpha value is -2.80. The summed E-state index contributed by atoms with van der Waals surface area (Å²) in [7, 11) is -4.37. The zero-order chi connectivity index (χ0) is 28.1. The molecule has 0 aliphatic carbocycles. The van der Waals surface area contributed by atoms with Crippen LogP contribution in [0.15, 0.2) is 47.2 Å². The topological polar surface area (TPSA) is 135 Å². The molecule has 2 heterocycles. The summed E-state index contributed by atoms with van der Waals surface area (Å²) in [5, 5.41) is 7.84. The highest BCUT2D eigenvalue weighted by atomic mass is 32.2. The van der Waals surface area contributed by atoms with Crippen LogP contribution < -0.4 is 10.0 Å². The van der Waals surface area contributed by atoms with Gasteiger partial charge in [-0.25, -0.2) is 4.98 Å². The third-order valence-electron chi connectivity index (χ3n) is 5.53. The molecule has 12 heteroatoms. The van der Waals surface area contributed by atoms with Gasteiger partial charge in [-0.2, -0.15) is 8.42 Å². The number of nitrogens with one attached hydrogen (secondary N) is 2. The normalized spacial score (nSPS) is 14.4. The van der Waals surface area contributed by atoms with Gasteiger partial charge < -0.3 is 10.1 Å². The lowest BCUT2D eigenvalue weighted by atomic mass is 9.95.